The van der Waals surface area contributed by atoms with Gasteiger partial charge >= 0.3 is 0 Å². The van der Waals surface area contributed by atoms with E-state index in [0.29, 0.717) is 17.5 Å². The van der Waals surface area contributed by atoms with E-state index in [1.54, 1.807) is 22.7 Å². The van der Waals surface area contributed by atoms with Gasteiger partial charge in [0.25, 0.3) is 0 Å². The fourth-order valence-corrected chi connectivity index (χ4v) is 8.48. The predicted molar refractivity (Wildman–Crippen MR) is 195 cm³/mol. The normalized spacial score (nSPS) is 11.8. The molecule has 0 unspecified atom stereocenters. The minimum atomic E-state index is 0.621. The number of fused-ring (bicyclic) bond motifs is 7. The molecule has 0 radical (unpaired) electrons. The summed E-state index contributed by atoms with van der Waals surface area (Å²) in [6.07, 6.45) is 0. The van der Waals surface area contributed by atoms with Gasteiger partial charge in [0, 0.05) is 53.2 Å². The highest BCUT2D eigenvalue weighted by atomic mass is 32.1. The number of aromatic nitrogens is 4. The Labute approximate surface area is 276 Å². The Kier molecular flexibility index (Phi) is 5.85. The van der Waals surface area contributed by atoms with Gasteiger partial charge in [-0.15, -0.1) is 22.7 Å². The van der Waals surface area contributed by atoms with Crippen molar-refractivity contribution >= 4 is 75.0 Å². The highest BCUT2D eigenvalue weighted by molar-refractivity contribution is 7.26. The van der Waals surface area contributed by atoms with E-state index in [2.05, 4.69) is 66.7 Å². The van der Waals surface area contributed by atoms with Crippen molar-refractivity contribution in [2.45, 2.75) is 0 Å². The minimum Gasteiger partial charge on any atom is -0.456 e. The maximum absolute atomic E-state index is 6.11. The van der Waals surface area contributed by atoms with Gasteiger partial charge in [-0.1, -0.05) is 84.9 Å². The number of thiophene rings is 1. The average molecular weight is 639 g/mol. The van der Waals surface area contributed by atoms with Crippen molar-refractivity contribution in [3.63, 3.8) is 0 Å². The fourth-order valence-electron chi connectivity index (χ4n) is 6.35. The van der Waals surface area contributed by atoms with Crippen LogP contribution in [0.1, 0.15) is 0 Å². The highest BCUT2D eigenvalue weighted by Gasteiger charge is 2.18. The minimum absolute atomic E-state index is 0.621. The number of rotatable bonds is 4. The molecule has 0 aliphatic rings. The van der Waals surface area contributed by atoms with Crippen molar-refractivity contribution in [3.8, 4) is 44.7 Å². The van der Waals surface area contributed by atoms with Crippen LogP contribution in [0.25, 0.3) is 97.1 Å². The smallest absolute Gasteiger partial charge is 0.164 e. The molecule has 6 aromatic carbocycles. The van der Waals surface area contributed by atoms with Gasteiger partial charge in [0.1, 0.15) is 16.2 Å². The molecule has 47 heavy (non-hydrogen) atoms. The van der Waals surface area contributed by atoms with E-state index in [1.165, 1.54) is 19.5 Å². The van der Waals surface area contributed by atoms with Crippen LogP contribution in [-0.2, 0) is 0 Å². The molecule has 0 aliphatic carbocycles. The second-order valence-corrected chi connectivity index (χ2v) is 13.6. The van der Waals surface area contributed by atoms with E-state index in [1.807, 2.05) is 66.7 Å². The predicted octanol–water partition coefficient (Wildman–Crippen LogP) is 11.4. The van der Waals surface area contributed by atoms with Crippen molar-refractivity contribution in [2.75, 3.05) is 0 Å². The van der Waals surface area contributed by atoms with Gasteiger partial charge in [-0.05, 0) is 48.5 Å². The number of hydrogen-bond donors (Lipinski definition) is 0. The number of furan rings is 1. The van der Waals surface area contributed by atoms with E-state index < -0.39 is 0 Å². The first-order valence-electron chi connectivity index (χ1n) is 15.3. The van der Waals surface area contributed by atoms with Crippen LogP contribution in [0.15, 0.2) is 138 Å². The summed E-state index contributed by atoms with van der Waals surface area (Å²) in [5.74, 6) is 1.90. The first-order valence-corrected chi connectivity index (χ1v) is 16.9. The Morgan fingerprint density at radius 1 is 0.426 bits per heavy atom. The molecule has 220 valence electrons. The molecule has 10 aromatic rings. The summed E-state index contributed by atoms with van der Waals surface area (Å²) in [6.45, 7) is 0. The van der Waals surface area contributed by atoms with Crippen molar-refractivity contribution in [2.24, 2.45) is 0 Å². The lowest BCUT2D eigenvalue weighted by Gasteiger charge is -2.10. The van der Waals surface area contributed by atoms with Crippen molar-refractivity contribution in [1.82, 2.24) is 19.9 Å². The Morgan fingerprint density at radius 3 is 2.09 bits per heavy atom. The fraction of sp³-hybridized carbons (Fsp3) is 0. The molecule has 4 aromatic heterocycles. The third kappa shape index (κ3) is 4.35. The summed E-state index contributed by atoms with van der Waals surface area (Å²) in [4.78, 5) is 20.1. The zero-order valence-corrected chi connectivity index (χ0v) is 26.3. The topological polar surface area (TPSA) is 64.7 Å². The molecule has 10 rings (SSSR count). The molecule has 0 bridgehead atoms. The Balaban J connectivity index is 1.16. The van der Waals surface area contributed by atoms with E-state index in [9.17, 15) is 0 Å². The molecule has 4 heterocycles. The maximum Gasteiger partial charge on any atom is 0.164 e. The second-order valence-electron chi connectivity index (χ2n) is 11.5. The summed E-state index contributed by atoms with van der Waals surface area (Å²) < 4.78 is 9.70. The SMILES string of the molecule is c1ccc(-c2nc(-c3ccc4oc5ccccc5c4c3)nc(-c3cccc4sc5cc(-c6nc7ccccc7s6)ccc5c34)n2)cc1. The molecule has 0 amide bonds. The van der Waals surface area contributed by atoms with Gasteiger partial charge < -0.3 is 4.42 Å². The third-order valence-electron chi connectivity index (χ3n) is 8.58. The molecule has 0 spiro atoms. The van der Waals surface area contributed by atoms with Gasteiger partial charge in [-0.25, -0.2) is 19.9 Å². The molecule has 5 nitrogen and oxygen atoms in total. The van der Waals surface area contributed by atoms with Crippen LogP contribution in [0.3, 0.4) is 0 Å². The van der Waals surface area contributed by atoms with Gasteiger partial charge in [-0.2, -0.15) is 0 Å². The van der Waals surface area contributed by atoms with E-state index in [0.717, 1.165) is 60.1 Å². The molecule has 0 N–H and O–H groups in total. The first kappa shape index (κ1) is 26.5. The summed E-state index contributed by atoms with van der Waals surface area (Å²) in [5.41, 5.74) is 6.70. The molecular weight excluding hydrogens is 617 g/mol. The van der Waals surface area contributed by atoms with Crippen molar-refractivity contribution < 1.29 is 4.42 Å². The maximum atomic E-state index is 6.11. The summed E-state index contributed by atoms with van der Waals surface area (Å²) in [6, 6.07) is 45.7. The van der Waals surface area contributed by atoms with Crippen LogP contribution < -0.4 is 0 Å². The largest absolute Gasteiger partial charge is 0.456 e. The van der Waals surface area contributed by atoms with Crippen molar-refractivity contribution in [3.05, 3.63) is 133 Å². The van der Waals surface area contributed by atoms with Crippen LogP contribution in [0.5, 0.6) is 0 Å². The number of thiazole rings is 1. The molecule has 7 heteroatoms. The zero-order valence-electron chi connectivity index (χ0n) is 24.7. The van der Waals surface area contributed by atoms with Crippen LogP contribution in [0.2, 0.25) is 0 Å². The Bertz CT molecular complexity index is 2780. The van der Waals surface area contributed by atoms with Crippen LogP contribution >= 0.6 is 22.7 Å². The molecule has 0 fully saturated rings. The van der Waals surface area contributed by atoms with Gasteiger partial charge in [0.15, 0.2) is 17.5 Å². The monoisotopic (exact) mass is 638 g/mol. The lowest BCUT2D eigenvalue weighted by atomic mass is 10.0. The quantitative estimate of drug-likeness (QED) is 0.192. The van der Waals surface area contributed by atoms with Crippen LogP contribution in [-0.4, -0.2) is 19.9 Å². The zero-order chi connectivity index (χ0) is 30.9. The first-order chi connectivity index (χ1) is 23.2. The number of para-hydroxylation sites is 2. The summed E-state index contributed by atoms with van der Waals surface area (Å²) in [5, 5.41) is 5.47. The number of hydrogen-bond acceptors (Lipinski definition) is 7. The second kappa shape index (κ2) is 10.4. The standard InChI is InChI=1S/C40H22N4OS2/c1-2-9-23(10-3-1)37-42-38(24-18-20-32-29(21-24)26-11-4-6-14-31(26)45-32)44-39(43-37)28-12-8-16-34-36(28)27-19-17-25(22-35(27)46-34)40-41-30-13-5-7-15-33(30)47-40/h1-22H. The summed E-state index contributed by atoms with van der Waals surface area (Å²) in [7, 11) is 0. The lowest BCUT2D eigenvalue weighted by molar-refractivity contribution is 0.669. The van der Waals surface area contributed by atoms with Crippen LogP contribution in [0, 0.1) is 0 Å². The van der Waals surface area contributed by atoms with Crippen molar-refractivity contribution in [1.29, 1.82) is 0 Å². The van der Waals surface area contributed by atoms with E-state index >= 15 is 0 Å². The van der Waals surface area contributed by atoms with Gasteiger partial charge in [0.2, 0.25) is 0 Å². The molecule has 0 atom stereocenters. The van der Waals surface area contributed by atoms with E-state index in [-0.39, 0.29) is 0 Å². The molecule has 0 saturated heterocycles. The Morgan fingerprint density at radius 2 is 1.17 bits per heavy atom. The molecular formula is C40H22N4OS2. The highest BCUT2D eigenvalue weighted by Crippen LogP contribution is 2.42. The van der Waals surface area contributed by atoms with Gasteiger partial charge in [0.05, 0.1) is 10.2 Å². The molecule has 0 aliphatic heterocycles. The molecule has 0 saturated carbocycles. The third-order valence-corrected chi connectivity index (χ3v) is 10.8. The number of benzene rings is 6. The van der Waals surface area contributed by atoms with E-state index in [4.69, 9.17) is 24.4 Å². The average Bonchev–Trinajstić information content (AvgIpc) is 3.84. The lowest BCUT2D eigenvalue weighted by Crippen LogP contribution is -2.00. The van der Waals surface area contributed by atoms with Gasteiger partial charge in [-0.3, -0.25) is 0 Å². The van der Waals surface area contributed by atoms with Crippen LogP contribution in [0.4, 0.5) is 0 Å². The summed E-state index contributed by atoms with van der Waals surface area (Å²) >= 11 is 3.51. The number of nitrogens with zero attached hydrogens (tertiary/aromatic N) is 4. The Hall–Kier alpha value is -5.76.